The van der Waals surface area contributed by atoms with Crippen LogP contribution in [0.1, 0.15) is 22.2 Å². The molecule has 1 heterocycles. The van der Waals surface area contributed by atoms with Gasteiger partial charge in [-0.15, -0.1) is 11.3 Å². The van der Waals surface area contributed by atoms with Gasteiger partial charge in [-0.3, -0.25) is 0 Å². The van der Waals surface area contributed by atoms with Gasteiger partial charge in [-0.25, -0.2) is 4.98 Å². The summed E-state index contributed by atoms with van der Waals surface area (Å²) in [5, 5.41) is 0.694. The molecule has 1 unspecified atom stereocenters. The summed E-state index contributed by atoms with van der Waals surface area (Å²) in [4.78, 5) is 5.33. The zero-order valence-electron chi connectivity index (χ0n) is 10.3. The lowest BCUT2D eigenvalue weighted by Gasteiger charge is -2.14. The Morgan fingerprint density at radius 1 is 1.50 bits per heavy atom. The highest BCUT2D eigenvalue weighted by Crippen LogP contribution is 2.29. The summed E-state index contributed by atoms with van der Waals surface area (Å²) < 4.78 is 5.32. The molecular formula is C13H15ClN2OS. The van der Waals surface area contributed by atoms with Gasteiger partial charge < -0.3 is 10.5 Å². The van der Waals surface area contributed by atoms with Crippen molar-refractivity contribution in [1.29, 1.82) is 0 Å². The topological polar surface area (TPSA) is 48.1 Å². The summed E-state index contributed by atoms with van der Waals surface area (Å²) in [6.07, 6.45) is 0.687. The average Bonchev–Trinajstić information content (AvgIpc) is 2.76. The van der Waals surface area contributed by atoms with E-state index in [4.69, 9.17) is 22.1 Å². The molecule has 0 aliphatic heterocycles. The molecule has 0 fully saturated rings. The summed E-state index contributed by atoms with van der Waals surface area (Å²) in [6, 6.07) is 5.50. The van der Waals surface area contributed by atoms with Gasteiger partial charge in [-0.2, -0.15) is 0 Å². The highest BCUT2D eigenvalue weighted by Gasteiger charge is 2.15. The Morgan fingerprint density at radius 2 is 2.28 bits per heavy atom. The lowest BCUT2D eigenvalue weighted by atomic mass is 10.0. The molecule has 0 aliphatic carbocycles. The van der Waals surface area contributed by atoms with Crippen LogP contribution in [0.3, 0.4) is 0 Å². The quantitative estimate of drug-likeness (QED) is 0.935. The molecule has 5 heteroatoms. The Bertz CT molecular complexity index is 542. The second kappa shape index (κ2) is 5.69. The van der Waals surface area contributed by atoms with Crippen LogP contribution in [0.5, 0.6) is 5.75 Å². The van der Waals surface area contributed by atoms with Gasteiger partial charge in [-0.05, 0) is 37.1 Å². The van der Waals surface area contributed by atoms with Crippen LogP contribution in [0.25, 0.3) is 0 Å². The smallest absolute Gasteiger partial charge is 0.122 e. The zero-order chi connectivity index (χ0) is 13.1. The Kier molecular flexibility index (Phi) is 4.22. The second-order valence-electron chi connectivity index (χ2n) is 4.07. The van der Waals surface area contributed by atoms with Gasteiger partial charge in [0.25, 0.3) is 0 Å². The number of aryl methyl sites for hydroxylation is 1. The van der Waals surface area contributed by atoms with Crippen LogP contribution in [-0.4, -0.2) is 12.1 Å². The van der Waals surface area contributed by atoms with E-state index in [9.17, 15) is 0 Å². The Hall–Kier alpha value is -1.10. The van der Waals surface area contributed by atoms with Gasteiger partial charge in [0.15, 0.2) is 0 Å². The van der Waals surface area contributed by atoms with E-state index in [-0.39, 0.29) is 6.04 Å². The van der Waals surface area contributed by atoms with E-state index in [1.807, 2.05) is 30.6 Å². The molecule has 2 aromatic rings. The van der Waals surface area contributed by atoms with Crippen LogP contribution in [0, 0.1) is 6.92 Å². The maximum Gasteiger partial charge on any atom is 0.122 e. The molecule has 96 valence electrons. The van der Waals surface area contributed by atoms with Gasteiger partial charge in [-0.1, -0.05) is 11.6 Å². The van der Waals surface area contributed by atoms with Crippen molar-refractivity contribution in [3.63, 3.8) is 0 Å². The maximum atomic E-state index is 6.22. The molecule has 0 radical (unpaired) electrons. The first kappa shape index (κ1) is 13.3. The van der Waals surface area contributed by atoms with Crippen LogP contribution < -0.4 is 10.5 Å². The van der Waals surface area contributed by atoms with Crippen molar-refractivity contribution < 1.29 is 4.74 Å². The van der Waals surface area contributed by atoms with Gasteiger partial charge in [0.2, 0.25) is 0 Å². The van der Waals surface area contributed by atoms with Gasteiger partial charge >= 0.3 is 0 Å². The first-order valence-electron chi connectivity index (χ1n) is 5.59. The Balaban J connectivity index is 2.23. The van der Waals surface area contributed by atoms with Crippen LogP contribution in [0.15, 0.2) is 23.7 Å². The SMILES string of the molecule is COc1ccc(Cl)cc1CC(N)c1scnc1C. The van der Waals surface area contributed by atoms with Gasteiger partial charge in [0.05, 0.1) is 18.3 Å². The van der Waals surface area contributed by atoms with Crippen LogP contribution >= 0.6 is 22.9 Å². The molecule has 2 N–H and O–H groups in total. The molecule has 3 nitrogen and oxygen atoms in total. The number of aromatic nitrogens is 1. The molecule has 1 aromatic heterocycles. The number of rotatable bonds is 4. The number of hydrogen-bond donors (Lipinski definition) is 1. The monoisotopic (exact) mass is 282 g/mol. The highest BCUT2D eigenvalue weighted by atomic mass is 35.5. The van der Waals surface area contributed by atoms with Crippen LogP contribution in [0.2, 0.25) is 5.02 Å². The van der Waals surface area contributed by atoms with Crippen molar-refractivity contribution in [2.75, 3.05) is 7.11 Å². The van der Waals surface area contributed by atoms with E-state index in [0.717, 1.165) is 21.9 Å². The standard InChI is InChI=1S/C13H15ClN2OS/c1-8-13(18-7-16-8)11(15)6-9-5-10(14)3-4-12(9)17-2/h3-5,7,11H,6,15H2,1-2H3. The van der Waals surface area contributed by atoms with Crippen molar-refractivity contribution in [2.45, 2.75) is 19.4 Å². The summed E-state index contributed by atoms with van der Waals surface area (Å²) in [5.74, 6) is 0.817. The number of thiazole rings is 1. The normalized spacial score (nSPS) is 12.4. The van der Waals surface area contributed by atoms with E-state index in [0.29, 0.717) is 11.4 Å². The first-order valence-corrected chi connectivity index (χ1v) is 6.85. The van der Waals surface area contributed by atoms with Crippen molar-refractivity contribution in [3.05, 3.63) is 44.9 Å². The molecule has 0 aliphatic rings. The minimum Gasteiger partial charge on any atom is -0.496 e. The number of halogens is 1. The van der Waals surface area contributed by atoms with Gasteiger partial charge in [0.1, 0.15) is 5.75 Å². The third kappa shape index (κ3) is 2.83. The average molecular weight is 283 g/mol. The lowest BCUT2D eigenvalue weighted by Crippen LogP contribution is -2.13. The predicted octanol–water partition coefficient (Wildman–Crippen LogP) is 3.36. The second-order valence-corrected chi connectivity index (χ2v) is 5.39. The first-order chi connectivity index (χ1) is 8.61. The minimum absolute atomic E-state index is 0.0788. The maximum absolute atomic E-state index is 6.22. The van der Waals surface area contributed by atoms with Crippen molar-refractivity contribution in [1.82, 2.24) is 4.98 Å². The Morgan fingerprint density at radius 3 is 2.89 bits per heavy atom. The molecule has 1 atom stereocenters. The van der Waals surface area contributed by atoms with Gasteiger partial charge in [0, 0.05) is 15.9 Å². The van der Waals surface area contributed by atoms with E-state index in [1.165, 1.54) is 0 Å². The number of methoxy groups -OCH3 is 1. The molecule has 0 spiro atoms. The minimum atomic E-state index is -0.0788. The molecule has 0 saturated carbocycles. The molecular weight excluding hydrogens is 268 g/mol. The third-order valence-corrected chi connectivity index (χ3v) is 4.10. The van der Waals surface area contributed by atoms with E-state index in [2.05, 4.69) is 4.98 Å². The van der Waals surface area contributed by atoms with Crippen molar-refractivity contribution in [2.24, 2.45) is 5.73 Å². The Labute approximate surface area is 116 Å². The molecule has 18 heavy (non-hydrogen) atoms. The number of nitrogens with two attached hydrogens (primary N) is 1. The highest BCUT2D eigenvalue weighted by molar-refractivity contribution is 7.09. The summed E-state index contributed by atoms with van der Waals surface area (Å²) in [6.45, 7) is 1.97. The summed E-state index contributed by atoms with van der Waals surface area (Å²) >= 11 is 7.59. The van der Waals surface area contributed by atoms with E-state index >= 15 is 0 Å². The predicted molar refractivity (Wildman–Crippen MR) is 75.5 cm³/mol. The summed E-state index contributed by atoms with van der Waals surface area (Å²) in [5.41, 5.74) is 10.0. The van der Waals surface area contributed by atoms with Crippen LogP contribution in [0.4, 0.5) is 0 Å². The molecule has 2 rings (SSSR count). The fourth-order valence-electron chi connectivity index (χ4n) is 1.90. The summed E-state index contributed by atoms with van der Waals surface area (Å²) in [7, 11) is 1.65. The van der Waals surface area contributed by atoms with Crippen molar-refractivity contribution >= 4 is 22.9 Å². The molecule has 0 amide bonds. The number of ether oxygens (including phenoxy) is 1. The van der Waals surface area contributed by atoms with Crippen molar-refractivity contribution in [3.8, 4) is 5.75 Å². The molecule has 1 aromatic carbocycles. The number of nitrogens with zero attached hydrogens (tertiary/aromatic N) is 1. The largest absolute Gasteiger partial charge is 0.496 e. The molecule has 0 bridgehead atoms. The van der Waals surface area contributed by atoms with E-state index < -0.39 is 0 Å². The number of hydrogen-bond acceptors (Lipinski definition) is 4. The number of benzene rings is 1. The lowest BCUT2D eigenvalue weighted by molar-refractivity contribution is 0.408. The fourth-order valence-corrected chi connectivity index (χ4v) is 2.90. The van der Waals surface area contributed by atoms with E-state index in [1.54, 1.807) is 18.4 Å². The third-order valence-electron chi connectivity index (χ3n) is 2.80. The fraction of sp³-hybridized carbons (Fsp3) is 0.308. The zero-order valence-corrected chi connectivity index (χ0v) is 11.9. The molecule has 0 saturated heterocycles. The van der Waals surface area contributed by atoms with Crippen LogP contribution in [-0.2, 0) is 6.42 Å².